The van der Waals surface area contributed by atoms with E-state index in [9.17, 15) is 14.7 Å². The SMILES string of the molecule is COc1ccc(C2/C(=C(\O)c3cc(C(C)C)c(OC)cc3C)C(=O)C(=O)N2c2cccc(C)c2)cc1. The number of ketones is 1. The number of aryl methyl sites for hydroxylation is 2. The van der Waals surface area contributed by atoms with Gasteiger partial charge in [0.05, 0.1) is 25.8 Å². The summed E-state index contributed by atoms with van der Waals surface area (Å²) in [6.07, 6.45) is 0. The molecule has 0 bridgehead atoms. The fourth-order valence-corrected chi connectivity index (χ4v) is 4.70. The minimum atomic E-state index is -0.804. The fourth-order valence-electron chi connectivity index (χ4n) is 4.70. The lowest BCUT2D eigenvalue weighted by Gasteiger charge is -2.26. The maximum absolute atomic E-state index is 13.5. The first kappa shape index (κ1) is 25.0. The third-order valence-electron chi connectivity index (χ3n) is 6.61. The molecule has 4 rings (SSSR count). The van der Waals surface area contributed by atoms with E-state index in [1.165, 1.54) is 4.90 Å². The van der Waals surface area contributed by atoms with Crippen LogP contribution in [0.5, 0.6) is 11.5 Å². The van der Waals surface area contributed by atoms with Crippen LogP contribution in [0.15, 0.2) is 66.2 Å². The van der Waals surface area contributed by atoms with Gasteiger partial charge < -0.3 is 14.6 Å². The van der Waals surface area contributed by atoms with Crippen molar-refractivity contribution in [3.8, 4) is 11.5 Å². The minimum Gasteiger partial charge on any atom is -0.507 e. The van der Waals surface area contributed by atoms with Crippen LogP contribution in [-0.2, 0) is 9.59 Å². The molecule has 1 amide bonds. The molecule has 1 unspecified atom stereocenters. The molecule has 1 aliphatic rings. The number of hydrogen-bond acceptors (Lipinski definition) is 5. The van der Waals surface area contributed by atoms with Gasteiger partial charge in [0.25, 0.3) is 11.7 Å². The molecule has 36 heavy (non-hydrogen) atoms. The predicted molar refractivity (Wildman–Crippen MR) is 141 cm³/mol. The highest BCUT2D eigenvalue weighted by Gasteiger charge is 2.47. The molecule has 1 N–H and O–H groups in total. The van der Waals surface area contributed by atoms with E-state index in [1.807, 2.05) is 70.2 Å². The normalized spacial score (nSPS) is 17.1. The molecule has 1 atom stereocenters. The van der Waals surface area contributed by atoms with Gasteiger partial charge >= 0.3 is 0 Å². The van der Waals surface area contributed by atoms with Crippen molar-refractivity contribution >= 4 is 23.1 Å². The van der Waals surface area contributed by atoms with Crippen molar-refractivity contribution in [2.45, 2.75) is 39.7 Å². The van der Waals surface area contributed by atoms with E-state index in [2.05, 4.69) is 0 Å². The number of anilines is 1. The Labute approximate surface area is 211 Å². The monoisotopic (exact) mass is 485 g/mol. The number of carbonyl (C=O) groups excluding carboxylic acids is 2. The summed E-state index contributed by atoms with van der Waals surface area (Å²) in [7, 11) is 3.18. The molecule has 3 aromatic carbocycles. The summed E-state index contributed by atoms with van der Waals surface area (Å²) in [6, 6.07) is 17.5. The summed E-state index contributed by atoms with van der Waals surface area (Å²) in [5, 5.41) is 11.6. The number of aliphatic hydroxyl groups excluding tert-OH is 1. The molecule has 0 aliphatic carbocycles. The lowest BCUT2D eigenvalue weighted by molar-refractivity contribution is -0.132. The second kappa shape index (κ2) is 9.90. The van der Waals surface area contributed by atoms with Crippen molar-refractivity contribution in [1.82, 2.24) is 0 Å². The van der Waals surface area contributed by atoms with Crippen LogP contribution in [0.4, 0.5) is 5.69 Å². The highest BCUT2D eigenvalue weighted by molar-refractivity contribution is 6.51. The van der Waals surface area contributed by atoms with E-state index in [0.29, 0.717) is 28.3 Å². The van der Waals surface area contributed by atoms with E-state index < -0.39 is 17.7 Å². The third-order valence-corrected chi connectivity index (χ3v) is 6.61. The zero-order valence-corrected chi connectivity index (χ0v) is 21.5. The Kier molecular flexibility index (Phi) is 6.88. The number of hydrogen-bond donors (Lipinski definition) is 1. The third kappa shape index (κ3) is 4.35. The summed E-state index contributed by atoms with van der Waals surface area (Å²) < 4.78 is 10.8. The van der Waals surface area contributed by atoms with Gasteiger partial charge in [-0.1, -0.05) is 38.1 Å². The fraction of sp³-hybridized carbons (Fsp3) is 0.267. The number of methoxy groups -OCH3 is 2. The molecule has 186 valence electrons. The van der Waals surface area contributed by atoms with E-state index in [0.717, 1.165) is 16.7 Å². The van der Waals surface area contributed by atoms with Crippen LogP contribution in [0.2, 0.25) is 0 Å². The number of ether oxygens (including phenoxy) is 2. The lowest BCUT2D eigenvalue weighted by Crippen LogP contribution is -2.29. The second-order valence-corrected chi connectivity index (χ2v) is 9.35. The summed E-state index contributed by atoms with van der Waals surface area (Å²) >= 11 is 0. The van der Waals surface area contributed by atoms with E-state index in [1.54, 1.807) is 32.4 Å². The maximum Gasteiger partial charge on any atom is 0.300 e. The molecule has 6 heteroatoms. The van der Waals surface area contributed by atoms with Crippen LogP contribution in [0.25, 0.3) is 5.76 Å². The molecule has 6 nitrogen and oxygen atoms in total. The molecule has 1 fully saturated rings. The van der Waals surface area contributed by atoms with Gasteiger partial charge in [0.15, 0.2) is 0 Å². The second-order valence-electron chi connectivity index (χ2n) is 9.35. The summed E-state index contributed by atoms with van der Waals surface area (Å²) in [5.74, 6) is -0.121. The Morgan fingerprint density at radius 1 is 0.944 bits per heavy atom. The molecule has 1 saturated heterocycles. The highest BCUT2D eigenvalue weighted by Crippen LogP contribution is 2.43. The summed E-state index contributed by atoms with van der Waals surface area (Å²) in [6.45, 7) is 7.84. The Morgan fingerprint density at radius 3 is 2.22 bits per heavy atom. The molecule has 0 saturated carbocycles. The van der Waals surface area contributed by atoms with Crippen LogP contribution in [0.3, 0.4) is 0 Å². The largest absolute Gasteiger partial charge is 0.507 e. The molecule has 0 aromatic heterocycles. The molecular weight excluding hydrogens is 454 g/mol. The predicted octanol–water partition coefficient (Wildman–Crippen LogP) is 6.07. The summed E-state index contributed by atoms with van der Waals surface area (Å²) in [4.78, 5) is 28.4. The number of carbonyl (C=O) groups is 2. The Hall–Kier alpha value is -4.06. The van der Waals surface area contributed by atoms with Crippen molar-refractivity contribution in [3.05, 3.63) is 94.1 Å². The Balaban J connectivity index is 1.98. The maximum atomic E-state index is 13.5. The van der Waals surface area contributed by atoms with Gasteiger partial charge in [-0.2, -0.15) is 0 Å². The first-order valence-corrected chi connectivity index (χ1v) is 11.9. The van der Waals surface area contributed by atoms with Crippen LogP contribution in [0, 0.1) is 13.8 Å². The number of rotatable bonds is 6. The van der Waals surface area contributed by atoms with Gasteiger partial charge in [-0.3, -0.25) is 14.5 Å². The van der Waals surface area contributed by atoms with Crippen molar-refractivity contribution in [2.24, 2.45) is 0 Å². The van der Waals surface area contributed by atoms with Crippen LogP contribution in [-0.4, -0.2) is 31.0 Å². The highest BCUT2D eigenvalue weighted by atomic mass is 16.5. The van der Waals surface area contributed by atoms with Crippen molar-refractivity contribution in [2.75, 3.05) is 19.1 Å². The zero-order valence-electron chi connectivity index (χ0n) is 21.5. The molecule has 0 spiro atoms. The Bertz CT molecular complexity index is 1350. The van der Waals surface area contributed by atoms with Crippen molar-refractivity contribution in [3.63, 3.8) is 0 Å². The number of Topliss-reactive ketones (excluding diaryl/α,β-unsaturated/α-hetero) is 1. The number of aliphatic hydroxyl groups is 1. The first-order chi connectivity index (χ1) is 17.2. The lowest BCUT2D eigenvalue weighted by atomic mass is 9.91. The van der Waals surface area contributed by atoms with Crippen LogP contribution >= 0.6 is 0 Å². The van der Waals surface area contributed by atoms with Crippen molar-refractivity contribution < 1.29 is 24.2 Å². The molecule has 1 heterocycles. The molecule has 1 aliphatic heterocycles. The average molecular weight is 486 g/mol. The minimum absolute atomic E-state index is 0.0506. The quantitative estimate of drug-likeness (QED) is 0.261. The van der Waals surface area contributed by atoms with Gasteiger partial charge in [-0.05, 0) is 78.4 Å². The van der Waals surface area contributed by atoms with Crippen LogP contribution in [0.1, 0.15) is 53.6 Å². The smallest absolute Gasteiger partial charge is 0.300 e. The van der Waals surface area contributed by atoms with Gasteiger partial charge in [-0.25, -0.2) is 0 Å². The standard InChI is InChI=1S/C30H31NO5/c1-17(2)23-16-24(19(4)15-25(23)36-6)28(32)26-27(20-10-12-22(35-5)13-11-20)31(30(34)29(26)33)21-9-7-8-18(3)14-21/h7-17,27,32H,1-6H3/b28-26+. The number of amides is 1. The average Bonchev–Trinajstić information content (AvgIpc) is 3.13. The molecule has 3 aromatic rings. The summed E-state index contributed by atoms with van der Waals surface area (Å²) in [5.41, 5.74) is 4.42. The van der Waals surface area contributed by atoms with Gasteiger partial charge in [-0.15, -0.1) is 0 Å². The van der Waals surface area contributed by atoms with Gasteiger partial charge in [0.1, 0.15) is 17.3 Å². The van der Waals surface area contributed by atoms with E-state index >= 15 is 0 Å². The first-order valence-electron chi connectivity index (χ1n) is 11.9. The van der Waals surface area contributed by atoms with E-state index in [-0.39, 0.29) is 17.3 Å². The van der Waals surface area contributed by atoms with Gasteiger partial charge in [0, 0.05) is 11.3 Å². The Morgan fingerprint density at radius 2 is 1.64 bits per heavy atom. The van der Waals surface area contributed by atoms with Crippen molar-refractivity contribution in [1.29, 1.82) is 0 Å². The molecular formula is C30H31NO5. The zero-order chi connectivity index (χ0) is 26.1. The molecule has 0 radical (unpaired) electrons. The van der Waals surface area contributed by atoms with E-state index in [4.69, 9.17) is 9.47 Å². The number of benzene rings is 3. The number of nitrogens with zero attached hydrogens (tertiary/aromatic N) is 1. The van der Waals surface area contributed by atoms with Crippen LogP contribution < -0.4 is 14.4 Å². The van der Waals surface area contributed by atoms with Gasteiger partial charge in [0.2, 0.25) is 0 Å². The topological polar surface area (TPSA) is 76.1 Å².